The largest absolute Gasteiger partial charge is 0.462 e. The predicted molar refractivity (Wildman–Crippen MR) is 139 cm³/mol. The normalized spacial score (nSPS) is 22.6. The van der Waals surface area contributed by atoms with Gasteiger partial charge >= 0.3 is 19.6 Å². The van der Waals surface area contributed by atoms with Crippen LogP contribution in [0.2, 0.25) is 0 Å². The lowest BCUT2D eigenvalue weighted by molar-refractivity contribution is -0.149. The van der Waals surface area contributed by atoms with Crippen molar-refractivity contribution >= 4 is 36.6 Å². The van der Waals surface area contributed by atoms with E-state index in [0.717, 1.165) is 10.9 Å². The zero-order valence-electron chi connectivity index (χ0n) is 22.0. The second-order valence-corrected chi connectivity index (χ2v) is 10.9. The number of nitrogens with zero attached hydrogens (tertiary/aromatic N) is 4. The summed E-state index contributed by atoms with van der Waals surface area (Å²) in [5.41, 5.74) is 5.80. The van der Waals surface area contributed by atoms with E-state index in [1.807, 2.05) is 0 Å². The molecule has 5 N–H and O–H groups in total. The number of hydrogen-bond acceptors (Lipinski definition) is 12. The maximum Gasteiger partial charge on any atom is 0.459 e. The molecule has 1 aromatic carbocycles. The third-order valence-electron chi connectivity index (χ3n) is 5.74. The summed E-state index contributed by atoms with van der Waals surface area (Å²) in [6.45, 7) is 3.85. The fraction of sp³-hybridized carbons (Fsp3) is 0.478. The van der Waals surface area contributed by atoms with Gasteiger partial charge in [-0.25, -0.2) is 9.55 Å². The number of alkyl halides is 2. The summed E-state index contributed by atoms with van der Waals surface area (Å²) in [5, 5.41) is 15.7. The van der Waals surface area contributed by atoms with E-state index in [4.69, 9.17) is 24.3 Å². The minimum Gasteiger partial charge on any atom is -0.462 e. The number of ether oxygens (including phenoxy) is 2. The lowest BCUT2D eigenvalue weighted by atomic mass is 10.1. The van der Waals surface area contributed by atoms with Gasteiger partial charge in [0.15, 0.2) is 23.1 Å². The number of aliphatic hydroxyl groups excluding tert-OH is 1. The van der Waals surface area contributed by atoms with Crippen LogP contribution in [0, 0.1) is 0 Å². The minimum atomic E-state index is -4.40. The van der Waals surface area contributed by atoms with Gasteiger partial charge in [-0.2, -0.15) is 23.8 Å². The molecule has 218 valence electrons. The van der Waals surface area contributed by atoms with E-state index in [-0.39, 0.29) is 28.7 Å². The number of imidazole rings is 1. The average molecular weight is 586 g/mol. The molecule has 5 atom stereocenters. The quantitative estimate of drug-likeness (QED) is 0.190. The number of nitrogen functional groups attached to an aromatic ring is 1. The van der Waals surface area contributed by atoms with E-state index in [9.17, 15) is 14.5 Å². The molecule has 3 heterocycles. The van der Waals surface area contributed by atoms with Crippen LogP contribution in [0.3, 0.4) is 0 Å². The molecule has 3 aromatic rings. The highest BCUT2D eigenvalue weighted by Gasteiger charge is 2.60. The molecule has 40 heavy (non-hydrogen) atoms. The molecule has 4 rings (SSSR count). The molecular weight excluding hydrogens is 555 g/mol. The molecule has 1 saturated heterocycles. The predicted octanol–water partition coefficient (Wildman–Crippen LogP) is 2.48. The van der Waals surface area contributed by atoms with Gasteiger partial charge < -0.3 is 30.2 Å². The Hall–Kier alpha value is -3.43. The number of nitrogens with one attached hydrogen (secondary N) is 2. The van der Waals surface area contributed by atoms with Crippen molar-refractivity contribution in [3.05, 3.63) is 36.7 Å². The van der Waals surface area contributed by atoms with E-state index in [1.165, 1.54) is 19.1 Å². The van der Waals surface area contributed by atoms with Gasteiger partial charge in [0, 0.05) is 7.05 Å². The van der Waals surface area contributed by atoms with Crippen LogP contribution < -0.4 is 20.7 Å². The number of hydrogen-bond donors (Lipinski definition) is 4. The van der Waals surface area contributed by atoms with Crippen molar-refractivity contribution in [3.8, 4) is 5.75 Å². The number of aromatic nitrogens is 4. The topological polar surface area (TPSA) is 185 Å². The van der Waals surface area contributed by atoms with E-state index in [1.54, 1.807) is 39.1 Å². The Morgan fingerprint density at radius 2 is 1.98 bits per heavy atom. The number of halogens is 2. The summed E-state index contributed by atoms with van der Waals surface area (Å²) in [4.78, 5) is 24.3. The van der Waals surface area contributed by atoms with E-state index in [0.29, 0.717) is 0 Å². The number of nitrogens with two attached hydrogens (primary N) is 1. The van der Waals surface area contributed by atoms with Gasteiger partial charge in [-0.1, -0.05) is 18.2 Å². The molecule has 0 unspecified atom stereocenters. The smallest absolute Gasteiger partial charge is 0.459 e. The molecule has 17 heteroatoms. The minimum absolute atomic E-state index is 0.0625. The molecule has 0 bridgehead atoms. The summed E-state index contributed by atoms with van der Waals surface area (Å²) in [7, 11) is -2.86. The highest BCUT2D eigenvalue weighted by atomic mass is 31.2. The first-order valence-corrected chi connectivity index (χ1v) is 13.8. The van der Waals surface area contributed by atoms with Gasteiger partial charge in [-0.15, -0.1) is 0 Å². The molecule has 1 fully saturated rings. The average Bonchev–Trinajstić information content (AvgIpc) is 3.40. The highest BCUT2D eigenvalue weighted by molar-refractivity contribution is 7.52. The number of fused-ring (bicyclic) bond motifs is 1. The van der Waals surface area contributed by atoms with Gasteiger partial charge in [-0.3, -0.25) is 13.9 Å². The number of anilines is 2. The molecule has 0 amide bonds. The zero-order chi connectivity index (χ0) is 29.2. The molecule has 0 spiro atoms. The summed E-state index contributed by atoms with van der Waals surface area (Å²) >= 11 is 0. The van der Waals surface area contributed by atoms with Crippen LogP contribution in [-0.2, 0) is 23.4 Å². The first-order valence-electron chi connectivity index (χ1n) is 12.2. The van der Waals surface area contributed by atoms with E-state index >= 15 is 8.78 Å². The maximum absolute atomic E-state index is 15.3. The van der Waals surface area contributed by atoms with Crippen LogP contribution >= 0.6 is 7.75 Å². The Bertz CT molecular complexity index is 1390. The SMILES string of the molecule is CNc1nc(N)nc2c1ncn2[C@@H]1O[C@H](CO[P@@](=O)(N[C@H](C)C(=O)OC(C)C)Oc2ccccc2)[C@@H](O)C1(F)F. The van der Waals surface area contributed by atoms with Gasteiger partial charge in [0.25, 0.3) is 0 Å². The van der Waals surface area contributed by atoms with Gasteiger partial charge in [0.05, 0.1) is 19.0 Å². The number of rotatable bonds is 11. The number of esters is 1. The Morgan fingerprint density at radius 3 is 2.62 bits per heavy atom. The lowest BCUT2D eigenvalue weighted by Gasteiger charge is -2.25. The van der Waals surface area contributed by atoms with Crippen molar-refractivity contribution in [3.63, 3.8) is 0 Å². The monoisotopic (exact) mass is 585 g/mol. The Labute approximate surface area is 227 Å². The van der Waals surface area contributed by atoms with E-state index < -0.39 is 56.8 Å². The third kappa shape index (κ3) is 6.15. The Balaban J connectivity index is 1.56. The Morgan fingerprint density at radius 1 is 1.27 bits per heavy atom. The molecule has 2 aromatic heterocycles. The number of carbonyl (C=O) groups is 1. The van der Waals surface area contributed by atoms with Crippen molar-refractivity contribution in [2.75, 3.05) is 24.7 Å². The molecule has 1 aliphatic heterocycles. The molecule has 0 aliphatic carbocycles. The van der Waals surface area contributed by atoms with Gasteiger partial charge in [0.1, 0.15) is 17.9 Å². The number of carbonyl (C=O) groups excluding carboxylic acids is 1. The molecule has 0 radical (unpaired) electrons. The van der Waals surface area contributed by atoms with Crippen molar-refractivity contribution in [1.82, 2.24) is 24.6 Å². The summed E-state index contributed by atoms with van der Waals surface area (Å²) in [6, 6.07) is 6.71. The standard InChI is InChI=1S/C23H30F2N7O7P/c1-12(2)37-20(34)13(3)31-40(35,39-14-8-6-5-7-9-14)36-10-15-17(33)23(24,25)21(38-15)32-11-28-16-18(27-4)29-22(26)30-19(16)32/h5-9,11-13,15,17,21,33H,10H2,1-4H3,(H,31,35)(H3,26,27,29,30)/t13-,15-,17-,21-,40+/m1/s1. The van der Waals surface area contributed by atoms with Crippen LogP contribution in [0.25, 0.3) is 11.2 Å². The maximum atomic E-state index is 15.3. The number of benzene rings is 1. The Kier molecular flexibility index (Phi) is 8.56. The summed E-state index contributed by atoms with van der Waals surface area (Å²) in [5.74, 6) is -4.48. The summed E-state index contributed by atoms with van der Waals surface area (Å²) in [6.07, 6.45) is -5.51. The lowest BCUT2D eigenvalue weighted by Crippen LogP contribution is -2.40. The van der Waals surface area contributed by atoms with Gasteiger partial charge in [0.2, 0.25) is 12.2 Å². The number of aliphatic hydroxyl groups is 1. The van der Waals surface area contributed by atoms with Crippen LogP contribution in [0.1, 0.15) is 27.0 Å². The highest BCUT2D eigenvalue weighted by Crippen LogP contribution is 2.48. The molecule has 1 aliphatic rings. The molecule has 14 nitrogen and oxygen atoms in total. The first-order chi connectivity index (χ1) is 18.8. The fourth-order valence-electron chi connectivity index (χ4n) is 3.89. The van der Waals surface area contributed by atoms with Crippen molar-refractivity contribution in [2.24, 2.45) is 0 Å². The molecule has 0 saturated carbocycles. The van der Waals surface area contributed by atoms with Crippen LogP contribution in [0.4, 0.5) is 20.5 Å². The van der Waals surface area contributed by atoms with Crippen molar-refractivity contribution < 1.29 is 41.8 Å². The van der Waals surface area contributed by atoms with E-state index in [2.05, 4.69) is 25.4 Å². The van der Waals surface area contributed by atoms with Crippen molar-refractivity contribution in [2.45, 2.75) is 57.3 Å². The fourth-order valence-corrected chi connectivity index (χ4v) is 5.39. The second kappa shape index (κ2) is 11.6. The molecular formula is C23H30F2N7O7P. The first kappa shape index (κ1) is 29.6. The zero-order valence-corrected chi connectivity index (χ0v) is 22.9. The van der Waals surface area contributed by atoms with Crippen molar-refractivity contribution in [1.29, 1.82) is 0 Å². The second-order valence-electron chi connectivity index (χ2n) is 9.18. The van der Waals surface area contributed by atoms with Crippen LogP contribution in [0.15, 0.2) is 36.7 Å². The third-order valence-corrected chi connectivity index (χ3v) is 7.39. The summed E-state index contributed by atoms with van der Waals surface area (Å²) < 4.78 is 66.7. The van der Waals surface area contributed by atoms with Crippen LogP contribution in [-0.4, -0.2) is 74.5 Å². The van der Waals surface area contributed by atoms with Gasteiger partial charge in [-0.05, 0) is 32.9 Å². The number of para-hydroxylation sites is 1. The van der Waals surface area contributed by atoms with Crippen LogP contribution in [0.5, 0.6) is 5.75 Å².